The molecule has 0 aromatic heterocycles. The summed E-state index contributed by atoms with van der Waals surface area (Å²) in [7, 11) is 0. The van der Waals surface area contributed by atoms with Crippen molar-refractivity contribution in [2.45, 2.75) is 25.1 Å². The Morgan fingerprint density at radius 2 is 2.10 bits per heavy atom. The van der Waals surface area contributed by atoms with Gasteiger partial charge in [-0.2, -0.15) is 13.2 Å². The van der Waals surface area contributed by atoms with E-state index in [9.17, 15) is 18.3 Å². The molecule has 1 saturated heterocycles. The van der Waals surface area contributed by atoms with E-state index in [1.807, 2.05) is 0 Å². The van der Waals surface area contributed by atoms with Crippen LogP contribution in [0.4, 0.5) is 18.9 Å². The molecule has 0 radical (unpaired) electrons. The Hall–Kier alpha value is -1.34. The van der Waals surface area contributed by atoms with Crippen LogP contribution in [-0.4, -0.2) is 28.8 Å². The average molecular weight is 304 g/mol. The number of β-amino-alcohol motifs (C(OH)–C–C–N with tert-alkyl or cyclic N) is 1. The van der Waals surface area contributed by atoms with Crippen molar-refractivity contribution < 1.29 is 18.3 Å². The average Bonchev–Trinajstić information content (AvgIpc) is 2.67. The fourth-order valence-electron chi connectivity index (χ4n) is 2.34. The first-order valence-corrected chi connectivity index (χ1v) is 6.49. The molecular formula is C13H15F3N2OS. The first kappa shape index (κ1) is 15.1. The van der Waals surface area contributed by atoms with Crippen molar-refractivity contribution in [2.75, 3.05) is 18.0 Å². The normalized spacial score (nSPS) is 23.1. The van der Waals surface area contributed by atoms with Crippen LogP contribution in [0.3, 0.4) is 0 Å². The summed E-state index contributed by atoms with van der Waals surface area (Å²) in [5.74, 6) is 0. The Labute approximate surface area is 120 Å². The van der Waals surface area contributed by atoms with Crippen LogP contribution >= 0.6 is 12.2 Å². The number of thiocarbonyl (C=S) groups is 1. The number of alkyl halides is 3. The zero-order chi connectivity index (χ0) is 15.1. The van der Waals surface area contributed by atoms with Gasteiger partial charge in [0.05, 0.1) is 11.2 Å². The van der Waals surface area contributed by atoms with Gasteiger partial charge in [0, 0.05) is 24.3 Å². The van der Waals surface area contributed by atoms with Gasteiger partial charge in [0.2, 0.25) is 0 Å². The highest BCUT2D eigenvalue weighted by molar-refractivity contribution is 7.80. The van der Waals surface area contributed by atoms with Crippen LogP contribution in [0.5, 0.6) is 0 Å². The lowest BCUT2D eigenvalue weighted by atomic mass is 10.1. The molecule has 1 atom stereocenters. The summed E-state index contributed by atoms with van der Waals surface area (Å²) >= 11 is 4.66. The fourth-order valence-corrected chi connectivity index (χ4v) is 2.52. The van der Waals surface area contributed by atoms with Crippen LogP contribution in [0.25, 0.3) is 0 Å². The second-order valence-corrected chi connectivity index (χ2v) is 5.70. The van der Waals surface area contributed by atoms with E-state index in [2.05, 4.69) is 12.2 Å². The van der Waals surface area contributed by atoms with Gasteiger partial charge in [-0.3, -0.25) is 0 Å². The largest absolute Gasteiger partial charge is 0.417 e. The van der Waals surface area contributed by atoms with Crippen LogP contribution in [-0.2, 0) is 6.18 Å². The second-order valence-electron chi connectivity index (χ2n) is 5.26. The number of rotatable bonds is 2. The van der Waals surface area contributed by atoms with Gasteiger partial charge in [-0.1, -0.05) is 12.2 Å². The molecule has 0 amide bonds. The first-order chi connectivity index (χ1) is 9.10. The number of hydrogen-bond acceptors (Lipinski definition) is 3. The number of hydrogen-bond donors (Lipinski definition) is 2. The Kier molecular flexibility index (Phi) is 3.68. The first-order valence-electron chi connectivity index (χ1n) is 6.08. The van der Waals surface area contributed by atoms with E-state index in [-0.39, 0.29) is 10.6 Å². The number of nitrogens with zero attached hydrogens (tertiary/aromatic N) is 1. The summed E-state index contributed by atoms with van der Waals surface area (Å²) in [6.45, 7) is 2.48. The van der Waals surface area contributed by atoms with Gasteiger partial charge in [-0.25, -0.2) is 0 Å². The maximum Gasteiger partial charge on any atom is 0.417 e. The lowest BCUT2D eigenvalue weighted by Crippen LogP contribution is -2.30. The second kappa shape index (κ2) is 4.89. The topological polar surface area (TPSA) is 49.5 Å². The molecule has 1 aliphatic rings. The summed E-state index contributed by atoms with van der Waals surface area (Å²) in [6.07, 6.45) is -4.00. The number of anilines is 1. The molecule has 1 fully saturated rings. The highest BCUT2D eigenvalue weighted by Gasteiger charge is 2.36. The minimum absolute atomic E-state index is 0.179. The summed E-state index contributed by atoms with van der Waals surface area (Å²) in [5.41, 5.74) is 3.86. The molecule has 1 aromatic rings. The van der Waals surface area contributed by atoms with Crippen molar-refractivity contribution in [1.82, 2.24) is 0 Å². The van der Waals surface area contributed by atoms with E-state index in [1.165, 1.54) is 6.07 Å². The zero-order valence-electron chi connectivity index (χ0n) is 10.9. The smallest absolute Gasteiger partial charge is 0.389 e. The van der Waals surface area contributed by atoms with Crippen molar-refractivity contribution in [3.63, 3.8) is 0 Å². The van der Waals surface area contributed by atoms with E-state index in [0.29, 0.717) is 25.2 Å². The quantitative estimate of drug-likeness (QED) is 0.823. The van der Waals surface area contributed by atoms with E-state index in [0.717, 1.165) is 6.07 Å². The monoisotopic (exact) mass is 304 g/mol. The summed E-state index contributed by atoms with van der Waals surface area (Å²) in [4.78, 5) is 1.44. The molecule has 0 bridgehead atoms. The van der Waals surface area contributed by atoms with Crippen molar-refractivity contribution in [3.8, 4) is 0 Å². The Morgan fingerprint density at radius 3 is 2.55 bits per heavy atom. The van der Waals surface area contributed by atoms with Crippen LogP contribution in [0.15, 0.2) is 18.2 Å². The SMILES string of the molecule is CC1(O)CCN(c2ccc(C(N)=S)c(C(F)(F)F)c2)C1. The zero-order valence-corrected chi connectivity index (χ0v) is 11.7. The molecule has 110 valence electrons. The van der Waals surface area contributed by atoms with Crippen molar-refractivity contribution >= 4 is 22.9 Å². The third-order valence-electron chi connectivity index (χ3n) is 3.39. The lowest BCUT2D eigenvalue weighted by molar-refractivity contribution is -0.137. The molecule has 7 heteroatoms. The molecule has 2 rings (SSSR count). The summed E-state index contributed by atoms with van der Waals surface area (Å²) in [6, 6.07) is 3.87. The molecular weight excluding hydrogens is 289 g/mol. The molecule has 0 saturated carbocycles. The standard InChI is InChI=1S/C13H15F3N2OS/c1-12(19)4-5-18(7-12)8-2-3-9(11(17)20)10(6-8)13(14,15)16/h2-3,6,19H,4-5,7H2,1H3,(H2,17,20). The number of aliphatic hydroxyl groups is 1. The fraction of sp³-hybridized carbons (Fsp3) is 0.462. The van der Waals surface area contributed by atoms with Crippen LogP contribution in [0.1, 0.15) is 24.5 Å². The van der Waals surface area contributed by atoms with Gasteiger partial charge < -0.3 is 15.7 Å². The van der Waals surface area contributed by atoms with Gasteiger partial charge in [-0.15, -0.1) is 0 Å². The molecule has 3 nitrogen and oxygen atoms in total. The molecule has 0 spiro atoms. The molecule has 1 aromatic carbocycles. The number of nitrogens with two attached hydrogens (primary N) is 1. The van der Waals surface area contributed by atoms with Gasteiger partial charge in [-0.05, 0) is 31.5 Å². The maximum absolute atomic E-state index is 13.0. The number of halogens is 3. The van der Waals surface area contributed by atoms with Crippen molar-refractivity contribution in [1.29, 1.82) is 0 Å². The highest BCUT2D eigenvalue weighted by atomic mass is 32.1. The maximum atomic E-state index is 13.0. The van der Waals surface area contributed by atoms with E-state index in [1.54, 1.807) is 17.9 Å². The molecule has 1 unspecified atom stereocenters. The van der Waals surface area contributed by atoms with Gasteiger partial charge in [0.15, 0.2) is 0 Å². The van der Waals surface area contributed by atoms with Crippen molar-refractivity contribution in [2.24, 2.45) is 5.73 Å². The number of benzene rings is 1. The summed E-state index contributed by atoms with van der Waals surface area (Å²) < 4.78 is 39.1. The van der Waals surface area contributed by atoms with E-state index < -0.39 is 17.3 Å². The molecule has 1 heterocycles. The minimum atomic E-state index is -4.52. The Balaban J connectivity index is 2.41. The van der Waals surface area contributed by atoms with Crippen LogP contribution < -0.4 is 10.6 Å². The summed E-state index contributed by atoms with van der Waals surface area (Å²) in [5, 5.41) is 9.89. The predicted molar refractivity (Wildman–Crippen MR) is 74.8 cm³/mol. The van der Waals surface area contributed by atoms with Crippen LogP contribution in [0.2, 0.25) is 0 Å². The van der Waals surface area contributed by atoms with Gasteiger partial charge in [0.1, 0.15) is 4.99 Å². The van der Waals surface area contributed by atoms with E-state index in [4.69, 9.17) is 5.73 Å². The molecule has 1 aliphatic heterocycles. The Bertz CT molecular complexity index is 543. The predicted octanol–water partition coefficient (Wildman–Crippen LogP) is 2.30. The molecule has 20 heavy (non-hydrogen) atoms. The van der Waals surface area contributed by atoms with Gasteiger partial charge >= 0.3 is 6.18 Å². The lowest BCUT2D eigenvalue weighted by Gasteiger charge is -2.22. The molecule has 3 N–H and O–H groups in total. The van der Waals surface area contributed by atoms with E-state index >= 15 is 0 Å². The van der Waals surface area contributed by atoms with Crippen molar-refractivity contribution in [3.05, 3.63) is 29.3 Å². The minimum Gasteiger partial charge on any atom is -0.389 e. The van der Waals surface area contributed by atoms with Gasteiger partial charge in [0.25, 0.3) is 0 Å². The molecule has 0 aliphatic carbocycles. The third-order valence-corrected chi connectivity index (χ3v) is 3.61. The van der Waals surface area contributed by atoms with Crippen LogP contribution in [0, 0.1) is 0 Å². The Morgan fingerprint density at radius 1 is 1.45 bits per heavy atom. The highest BCUT2D eigenvalue weighted by Crippen LogP contribution is 2.36. The third kappa shape index (κ3) is 3.04.